The first-order valence-electron chi connectivity index (χ1n) is 6.73. The van der Waals surface area contributed by atoms with Crippen LogP contribution in [0.4, 0.5) is 13.2 Å². The summed E-state index contributed by atoms with van der Waals surface area (Å²) in [5, 5.41) is 0. The van der Waals surface area contributed by atoms with Gasteiger partial charge in [-0.25, -0.2) is 13.2 Å². The summed E-state index contributed by atoms with van der Waals surface area (Å²) < 4.78 is 57.0. The van der Waals surface area contributed by atoms with Crippen LogP contribution in [0.5, 0.6) is 0 Å². The second kappa shape index (κ2) is 7.39. The van der Waals surface area contributed by atoms with Gasteiger partial charge in [0.25, 0.3) is 0 Å². The number of hydrogen-bond acceptors (Lipinski definition) is 3. The third kappa shape index (κ3) is 5.10. The summed E-state index contributed by atoms with van der Waals surface area (Å²) in [4.78, 5) is 0. The molecule has 0 bridgehead atoms. The van der Waals surface area contributed by atoms with Gasteiger partial charge in [-0.15, -0.1) is 0 Å². The van der Waals surface area contributed by atoms with Gasteiger partial charge in [0.15, 0.2) is 11.6 Å². The predicted molar refractivity (Wildman–Crippen MR) is 75.2 cm³/mol. The number of benzene rings is 1. The standard InChI is InChI=1S/C14H21F3O3Si/c1-9(2)19-21(18-5,20-10(3)4)8-11-6-13(16)14(17)7-12(11)15/h6-7,9-10H,8H2,1-5H3. The van der Waals surface area contributed by atoms with Gasteiger partial charge in [0.05, 0.1) is 0 Å². The Morgan fingerprint density at radius 2 is 1.38 bits per heavy atom. The molecule has 0 aliphatic rings. The van der Waals surface area contributed by atoms with Crippen LogP contribution in [0, 0.1) is 17.5 Å². The average Bonchev–Trinajstić information content (AvgIpc) is 2.34. The zero-order valence-corrected chi connectivity index (χ0v) is 13.9. The van der Waals surface area contributed by atoms with Crippen molar-refractivity contribution in [3.8, 4) is 0 Å². The zero-order valence-electron chi connectivity index (χ0n) is 12.9. The first-order chi connectivity index (χ1) is 9.69. The van der Waals surface area contributed by atoms with E-state index in [2.05, 4.69) is 0 Å². The van der Waals surface area contributed by atoms with Crippen molar-refractivity contribution in [2.24, 2.45) is 0 Å². The fourth-order valence-electron chi connectivity index (χ4n) is 1.93. The fourth-order valence-corrected chi connectivity index (χ4v) is 4.66. The van der Waals surface area contributed by atoms with Crippen LogP contribution in [0.1, 0.15) is 33.3 Å². The SMILES string of the molecule is CO[Si](Cc1cc(F)c(F)cc1F)(OC(C)C)OC(C)C. The zero-order chi connectivity index (χ0) is 16.2. The number of halogens is 3. The Kier molecular flexibility index (Phi) is 6.39. The van der Waals surface area contributed by atoms with Crippen molar-refractivity contribution in [3.63, 3.8) is 0 Å². The molecule has 0 fully saturated rings. The maximum Gasteiger partial charge on any atom is 0.505 e. The fraction of sp³-hybridized carbons (Fsp3) is 0.571. The van der Waals surface area contributed by atoms with Crippen LogP contribution < -0.4 is 0 Å². The molecule has 0 spiro atoms. The Labute approximate surface area is 124 Å². The molecule has 120 valence electrons. The van der Waals surface area contributed by atoms with E-state index in [0.717, 1.165) is 6.07 Å². The van der Waals surface area contributed by atoms with E-state index in [9.17, 15) is 13.2 Å². The van der Waals surface area contributed by atoms with Gasteiger partial charge in [-0.1, -0.05) is 0 Å². The molecule has 0 saturated carbocycles. The van der Waals surface area contributed by atoms with Gasteiger partial charge >= 0.3 is 8.80 Å². The van der Waals surface area contributed by atoms with Crippen LogP contribution in [-0.2, 0) is 19.3 Å². The molecule has 0 aliphatic heterocycles. The molecule has 0 amide bonds. The summed E-state index contributed by atoms with van der Waals surface area (Å²) in [6.07, 6.45) is -0.410. The highest BCUT2D eigenvalue weighted by Gasteiger charge is 2.43. The average molecular weight is 322 g/mol. The van der Waals surface area contributed by atoms with Crippen molar-refractivity contribution in [1.82, 2.24) is 0 Å². The third-order valence-corrected chi connectivity index (χ3v) is 5.73. The molecule has 3 nitrogen and oxygen atoms in total. The summed E-state index contributed by atoms with van der Waals surface area (Å²) in [5.41, 5.74) is -0.0243. The molecular formula is C14H21F3O3Si. The molecule has 21 heavy (non-hydrogen) atoms. The van der Waals surface area contributed by atoms with E-state index in [0.29, 0.717) is 6.07 Å². The Balaban J connectivity index is 3.13. The summed E-state index contributed by atoms with van der Waals surface area (Å²) in [6, 6.07) is 1.27. The second-order valence-corrected chi connectivity index (χ2v) is 7.85. The lowest BCUT2D eigenvalue weighted by atomic mass is 10.2. The Hall–Kier alpha value is -0.893. The van der Waals surface area contributed by atoms with Crippen molar-refractivity contribution >= 4 is 8.80 Å². The molecule has 0 N–H and O–H groups in total. The summed E-state index contributed by atoms with van der Waals surface area (Å²) in [6.45, 7) is 7.19. The molecule has 0 radical (unpaired) electrons. The van der Waals surface area contributed by atoms with Gasteiger partial charge in [0.2, 0.25) is 0 Å². The van der Waals surface area contributed by atoms with E-state index in [1.807, 2.05) is 0 Å². The minimum Gasteiger partial charge on any atom is -0.377 e. The van der Waals surface area contributed by atoms with Gasteiger partial charge in [-0.2, -0.15) is 0 Å². The summed E-state index contributed by atoms with van der Waals surface area (Å²) in [5.74, 6) is -3.18. The molecule has 0 heterocycles. The minimum atomic E-state index is -3.24. The molecule has 1 aromatic rings. The van der Waals surface area contributed by atoms with Crippen molar-refractivity contribution in [2.75, 3.05) is 7.11 Å². The van der Waals surface area contributed by atoms with E-state index in [1.165, 1.54) is 7.11 Å². The Morgan fingerprint density at radius 3 is 1.81 bits per heavy atom. The van der Waals surface area contributed by atoms with E-state index < -0.39 is 26.3 Å². The Morgan fingerprint density at radius 1 is 0.905 bits per heavy atom. The van der Waals surface area contributed by atoms with Gasteiger partial charge in [-0.3, -0.25) is 0 Å². The molecular weight excluding hydrogens is 301 g/mol. The second-order valence-electron chi connectivity index (χ2n) is 5.25. The van der Waals surface area contributed by atoms with Crippen molar-refractivity contribution in [3.05, 3.63) is 35.1 Å². The first-order valence-corrected chi connectivity index (χ1v) is 8.66. The highest BCUT2D eigenvalue weighted by Crippen LogP contribution is 2.23. The molecule has 1 rings (SSSR count). The van der Waals surface area contributed by atoms with Crippen LogP contribution in [0.2, 0.25) is 0 Å². The normalized spacial score (nSPS) is 12.5. The van der Waals surface area contributed by atoms with E-state index in [4.69, 9.17) is 13.3 Å². The smallest absolute Gasteiger partial charge is 0.377 e. The molecule has 0 saturated heterocycles. The highest BCUT2D eigenvalue weighted by atomic mass is 28.4. The van der Waals surface area contributed by atoms with Gasteiger partial charge in [-0.05, 0) is 39.3 Å². The van der Waals surface area contributed by atoms with E-state index >= 15 is 0 Å². The van der Waals surface area contributed by atoms with E-state index in [1.54, 1.807) is 27.7 Å². The monoisotopic (exact) mass is 322 g/mol. The Bertz CT molecular complexity index is 471. The molecule has 7 heteroatoms. The summed E-state index contributed by atoms with van der Waals surface area (Å²) in [7, 11) is -1.83. The van der Waals surface area contributed by atoms with Gasteiger partial charge in [0, 0.05) is 31.4 Å². The lowest BCUT2D eigenvalue weighted by molar-refractivity contribution is 0.0317. The van der Waals surface area contributed by atoms with Gasteiger partial charge in [0.1, 0.15) is 5.82 Å². The lowest BCUT2D eigenvalue weighted by Gasteiger charge is -2.31. The maximum absolute atomic E-state index is 13.8. The number of rotatable bonds is 7. The largest absolute Gasteiger partial charge is 0.505 e. The summed E-state index contributed by atoms with van der Waals surface area (Å²) >= 11 is 0. The molecule has 0 atom stereocenters. The first kappa shape index (κ1) is 18.2. The third-order valence-electron chi connectivity index (χ3n) is 2.64. The quantitative estimate of drug-likeness (QED) is 0.567. The van der Waals surface area contributed by atoms with Crippen LogP contribution in [-0.4, -0.2) is 28.1 Å². The predicted octanol–water partition coefficient (Wildman–Crippen LogP) is 3.62. The van der Waals surface area contributed by atoms with Crippen LogP contribution in [0.15, 0.2) is 12.1 Å². The molecule has 0 aliphatic carbocycles. The topological polar surface area (TPSA) is 27.7 Å². The molecule has 0 unspecified atom stereocenters. The molecule has 0 aromatic heterocycles. The van der Waals surface area contributed by atoms with Crippen molar-refractivity contribution < 1.29 is 26.4 Å². The van der Waals surface area contributed by atoms with Gasteiger partial charge < -0.3 is 13.3 Å². The van der Waals surface area contributed by atoms with Crippen molar-refractivity contribution in [2.45, 2.75) is 45.9 Å². The van der Waals surface area contributed by atoms with E-state index in [-0.39, 0.29) is 23.8 Å². The minimum absolute atomic E-state index is 0.0243. The molecule has 1 aromatic carbocycles. The van der Waals surface area contributed by atoms with Crippen LogP contribution in [0.3, 0.4) is 0 Å². The number of hydrogen-bond donors (Lipinski definition) is 0. The highest BCUT2D eigenvalue weighted by molar-refractivity contribution is 6.60. The lowest BCUT2D eigenvalue weighted by Crippen LogP contribution is -2.51. The van der Waals surface area contributed by atoms with Crippen LogP contribution >= 0.6 is 0 Å². The van der Waals surface area contributed by atoms with Crippen molar-refractivity contribution in [1.29, 1.82) is 0 Å². The maximum atomic E-state index is 13.8. The van der Waals surface area contributed by atoms with Crippen LogP contribution in [0.25, 0.3) is 0 Å².